The number of rotatable bonds is 4. The van der Waals surface area contributed by atoms with Crippen LogP contribution in [-0.4, -0.2) is 30.6 Å². The van der Waals surface area contributed by atoms with Crippen molar-refractivity contribution in [2.75, 3.05) is 13.7 Å². The van der Waals surface area contributed by atoms with Gasteiger partial charge in [0.1, 0.15) is 5.92 Å². The lowest BCUT2D eigenvalue weighted by Gasteiger charge is -2.06. The van der Waals surface area contributed by atoms with Gasteiger partial charge in [-0.1, -0.05) is 6.58 Å². The predicted octanol–water partition coefficient (Wildman–Crippen LogP) is -0.477. The van der Waals surface area contributed by atoms with E-state index in [0.717, 1.165) is 13.2 Å². The number of aliphatic hydroxyl groups excluding tert-OH is 1. The maximum Gasteiger partial charge on any atom is 0.318 e. The van der Waals surface area contributed by atoms with E-state index in [1.165, 1.54) is 0 Å². The van der Waals surface area contributed by atoms with E-state index in [-0.39, 0.29) is 0 Å². The highest BCUT2D eigenvalue weighted by Crippen LogP contribution is 2.00. The van der Waals surface area contributed by atoms with Crippen molar-refractivity contribution >= 4 is 11.8 Å². The van der Waals surface area contributed by atoms with Crippen molar-refractivity contribution in [3.8, 4) is 0 Å². The Labute approximate surface area is 64.5 Å². The minimum Gasteiger partial charge on any atom is -0.468 e. The van der Waals surface area contributed by atoms with Crippen molar-refractivity contribution in [3.05, 3.63) is 12.7 Å². The van der Waals surface area contributed by atoms with E-state index in [0.29, 0.717) is 0 Å². The lowest BCUT2D eigenvalue weighted by Crippen LogP contribution is -2.27. The first-order valence-corrected chi connectivity index (χ1v) is 3.02. The number of ketones is 1. The smallest absolute Gasteiger partial charge is 0.318 e. The fourth-order valence-corrected chi connectivity index (χ4v) is 0.565. The molecule has 4 nitrogen and oxygen atoms in total. The number of esters is 1. The van der Waals surface area contributed by atoms with Crippen LogP contribution >= 0.6 is 0 Å². The normalized spacial score (nSPS) is 11.8. The van der Waals surface area contributed by atoms with E-state index < -0.39 is 24.3 Å². The molecule has 0 spiro atoms. The minimum atomic E-state index is -1.11. The molecular weight excluding hydrogens is 148 g/mol. The zero-order valence-corrected chi connectivity index (χ0v) is 6.24. The maximum absolute atomic E-state index is 10.8. The fraction of sp³-hybridized carbons (Fsp3) is 0.429. The summed E-state index contributed by atoms with van der Waals surface area (Å²) in [6.07, 6.45) is 0.984. The number of carbonyl (C=O) groups excluding carboxylic acids is 2. The largest absolute Gasteiger partial charge is 0.468 e. The molecule has 1 atom stereocenters. The first kappa shape index (κ1) is 9.84. The molecule has 4 heteroatoms. The molecule has 11 heavy (non-hydrogen) atoms. The van der Waals surface area contributed by atoms with Crippen molar-refractivity contribution in [3.63, 3.8) is 0 Å². The lowest BCUT2D eigenvalue weighted by molar-refractivity contribution is -0.149. The third-order valence-corrected chi connectivity index (χ3v) is 1.21. The minimum absolute atomic E-state index is 0.528. The molecule has 0 saturated heterocycles. The summed E-state index contributed by atoms with van der Waals surface area (Å²) in [4.78, 5) is 21.5. The van der Waals surface area contributed by atoms with Crippen LogP contribution in [0, 0.1) is 5.92 Å². The number of aliphatic hydroxyl groups is 1. The molecular formula is C7H10O4. The Hall–Kier alpha value is -1.16. The second-order valence-corrected chi connectivity index (χ2v) is 1.86. The molecule has 0 heterocycles. The van der Waals surface area contributed by atoms with E-state index in [9.17, 15) is 9.59 Å². The van der Waals surface area contributed by atoms with Crippen molar-refractivity contribution in [1.82, 2.24) is 0 Å². The lowest BCUT2D eigenvalue weighted by atomic mass is 10.1. The van der Waals surface area contributed by atoms with Crippen LogP contribution in [0.3, 0.4) is 0 Å². The molecule has 0 aromatic heterocycles. The van der Waals surface area contributed by atoms with Gasteiger partial charge in [-0.3, -0.25) is 9.59 Å². The fourth-order valence-electron chi connectivity index (χ4n) is 0.565. The predicted molar refractivity (Wildman–Crippen MR) is 37.8 cm³/mol. The molecule has 1 N–H and O–H groups in total. The van der Waals surface area contributed by atoms with Gasteiger partial charge in [-0.2, -0.15) is 0 Å². The number of hydrogen-bond acceptors (Lipinski definition) is 4. The average Bonchev–Trinajstić information content (AvgIpc) is 2.05. The van der Waals surface area contributed by atoms with Crippen LogP contribution in [0.5, 0.6) is 0 Å². The van der Waals surface area contributed by atoms with Gasteiger partial charge in [-0.05, 0) is 6.08 Å². The second-order valence-electron chi connectivity index (χ2n) is 1.86. The van der Waals surface area contributed by atoms with Gasteiger partial charge in [-0.15, -0.1) is 0 Å². The summed E-state index contributed by atoms with van der Waals surface area (Å²) in [6, 6.07) is 0. The molecule has 0 aliphatic carbocycles. The van der Waals surface area contributed by atoms with E-state index in [2.05, 4.69) is 11.3 Å². The molecule has 0 aliphatic heterocycles. The van der Waals surface area contributed by atoms with Gasteiger partial charge in [0, 0.05) is 0 Å². The molecule has 0 rings (SSSR count). The van der Waals surface area contributed by atoms with Crippen LogP contribution in [0.4, 0.5) is 0 Å². The molecule has 0 fully saturated rings. The van der Waals surface area contributed by atoms with Crippen LogP contribution in [0.15, 0.2) is 12.7 Å². The molecule has 0 aromatic carbocycles. The quantitative estimate of drug-likeness (QED) is 0.341. The van der Waals surface area contributed by atoms with Gasteiger partial charge in [0.25, 0.3) is 0 Å². The molecule has 0 aromatic rings. The molecule has 0 saturated carbocycles. The zero-order chi connectivity index (χ0) is 8.85. The van der Waals surface area contributed by atoms with Gasteiger partial charge in [0.05, 0.1) is 13.7 Å². The van der Waals surface area contributed by atoms with Crippen molar-refractivity contribution in [1.29, 1.82) is 0 Å². The second kappa shape index (κ2) is 4.62. The summed E-state index contributed by atoms with van der Waals surface area (Å²) in [7, 11) is 1.15. The Morgan fingerprint density at radius 2 is 2.27 bits per heavy atom. The molecule has 1 unspecified atom stereocenters. The molecule has 62 valence electrons. The van der Waals surface area contributed by atoms with Crippen LogP contribution in [-0.2, 0) is 14.3 Å². The van der Waals surface area contributed by atoms with Gasteiger partial charge >= 0.3 is 5.97 Å². The first-order valence-electron chi connectivity index (χ1n) is 3.02. The summed E-state index contributed by atoms with van der Waals surface area (Å²) < 4.78 is 4.26. The Bertz CT molecular complexity index is 173. The number of methoxy groups -OCH3 is 1. The van der Waals surface area contributed by atoms with E-state index in [1.54, 1.807) is 0 Å². The summed E-state index contributed by atoms with van der Waals surface area (Å²) in [6.45, 7) is 2.63. The van der Waals surface area contributed by atoms with Crippen molar-refractivity contribution in [2.45, 2.75) is 0 Å². The summed E-state index contributed by atoms with van der Waals surface area (Å²) in [5.74, 6) is -2.38. The highest BCUT2D eigenvalue weighted by atomic mass is 16.5. The molecule has 0 aliphatic rings. The number of ether oxygens (including phenoxy) is 1. The first-order chi connectivity index (χ1) is 5.17. The maximum atomic E-state index is 10.8. The Kier molecular flexibility index (Phi) is 4.14. The molecule has 0 amide bonds. The van der Waals surface area contributed by atoms with Crippen LogP contribution < -0.4 is 0 Å². The summed E-state index contributed by atoms with van der Waals surface area (Å²) in [5, 5.41) is 8.56. The van der Waals surface area contributed by atoms with Crippen LogP contribution in [0.2, 0.25) is 0 Å². The highest BCUT2D eigenvalue weighted by molar-refractivity contribution is 6.04. The van der Waals surface area contributed by atoms with E-state index in [4.69, 9.17) is 5.11 Å². The third-order valence-electron chi connectivity index (χ3n) is 1.21. The number of allylic oxidation sites excluding steroid dienone is 1. The standard InChI is InChI=1S/C7H10O4/c1-3-6(9)5(4-8)7(10)11-2/h3,5,8H,1,4H2,2H3. The van der Waals surface area contributed by atoms with Gasteiger partial charge < -0.3 is 9.84 Å². The summed E-state index contributed by atoms with van der Waals surface area (Å²) >= 11 is 0. The Morgan fingerprint density at radius 3 is 2.55 bits per heavy atom. The van der Waals surface area contributed by atoms with Gasteiger partial charge in [0.2, 0.25) is 0 Å². The number of hydrogen-bond donors (Lipinski definition) is 1. The molecule has 0 radical (unpaired) electrons. The highest BCUT2D eigenvalue weighted by Gasteiger charge is 2.23. The monoisotopic (exact) mass is 158 g/mol. The third kappa shape index (κ3) is 2.51. The number of carbonyl (C=O) groups is 2. The SMILES string of the molecule is C=CC(=O)C(CO)C(=O)OC. The topological polar surface area (TPSA) is 63.6 Å². The summed E-state index contributed by atoms with van der Waals surface area (Å²) in [5.41, 5.74) is 0. The molecule has 0 bridgehead atoms. The van der Waals surface area contributed by atoms with E-state index in [1.807, 2.05) is 0 Å². The Morgan fingerprint density at radius 1 is 1.73 bits per heavy atom. The van der Waals surface area contributed by atoms with Crippen LogP contribution in [0.1, 0.15) is 0 Å². The zero-order valence-electron chi connectivity index (χ0n) is 6.24. The van der Waals surface area contributed by atoms with E-state index >= 15 is 0 Å². The van der Waals surface area contributed by atoms with Crippen LogP contribution in [0.25, 0.3) is 0 Å². The Balaban J connectivity index is 4.27. The van der Waals surface area contributed by atoms with Crippen molar-refractivity contribution in [2.24, 2.45) is 5.92 Å². The van der Waals surface area contributed by atoms with Crippen molar-refractivity contribution < 1.29 is 19.4 Å². The average molecular weight is 158 g/mol. The van der Waals surface area contributed by atoms with Gasteiger partial charge in [0.15, 0.2) is 5.78 Å². The van der Waals surface area contributed by atoms with Gasteiger partial charge in [-0.25, -0.2) is 0 Å².